The minimum absolute atomic E-state index is 0.322. The van der Waals surface area contributed by atoms with Crippen molar-refractivity contribution in [3.8, 4) is 0 Å². The van der Waals surface area contributed by atoms with Gasteiger partial charge in [-0.2, -0.15) is 0 Å². The molecule has 0 bridgehead atoms. The Morgan fingerprint density at radius 1 is 1.20 bits per heavy atom. The normalized spacial score (nSPS) is 41.8. The molecule has 3 unspecified atom stereocenters. The molecule has 5 atom stereocenters. The molecule has 6 heteroatoms. The van der Waals surface area contributed by atoms with Crippen molar-refractivity contribution in [2.24, 2.45) is 5.73 Å². The molecule has 1 heterocycles. The zero-order chi connectivity index (χ0) is 11.4. The summed E-state index contributed by atoms with van der Waals surface area (Å²) < 4.78 is 20.7. The number of rotatable bonds is 4. The smallest absolute Gasteiger partial charge is 0.173 e. The van der Waals surface area contributed by atoms with Gasteiger partial charge in [0, 0.05) is 21.3 Å². The Labute approximate surface area is 89.2 Å². The first kappa shape index (κ1) is 12.8. The summed E-state index contributed by atoms with van der Waals surface area (Å²) in [5, 5.41) is 9.55. The molecule has 15 heavy (non-hydrogen) atoms. The van der Waals surface area contributed by atoms with Crippen LogP contribution >= 0.6 is 0 Å². The first-order chi connectivity index (χ1) is 7.15. The first-order valence-electron chi connectivity index (χ1n) is 4.79. The summed E-state index contributed by atoms with van der Waals surface area (Å²) in [6.45, 7) is 0.322. The molecule has 0 amide bonds. The number of methoxy groups -OCH3 is 3. The van der Waals surface area contributed by atoms with Crippen LogP contribution in [0.2, 0.25) is 0 Å². The third-order valence-electron chi connectivity index (χ3n) is 2.59. The highest BCUT2D eigenvalue weighted by atomic mass is 16.6. The number of nitrogens with two attached hydrogens (primary N) is 1. The second kappa shape index (κ2) is 5.74. The van der Waals surface area contributed by atoms with Gasteiger partial charge in [0.25, 0.3) is 0 Å². The van der Waals surface area contributed by atoms with Crippen LogP contribution in [0.15, 0.2) is 0 Å². The summed E-state index contributed by atoms with van der Waals surface area (Å²) in [5.41, 5.74) is 5.74. The predicted octanol–water partition coefficient (Wildman–Crippen LogP) is -1.29. The van der Waals surface area contributed by atoms with Crippen LogP contribution in [0.3, 0.4) is 0 Å². The average Bonchev–Trinajstić information content (AvgIpc) is 2.23. The van der Waals surface area contributed by atoms with Crippen molar-refractivity contribution >= 4 is 0 Å². The van der Waals surface area contributed by atoms with Crippen LogP contribution in [0.25, 0.3) is 0 Å². The van der Waals surface area contributed by atoms with Crippen molar-refractivity contribution in [3.63, 3.8) is 0 Å². The Bertz CT molecular complexity index is 191. The molecule has 0 aromatic carbocycles. The molecular weight excluding hydrogens is 202 g/mol. The molecule has 0 aromatic heterocycles. The van der Waals surface area contributed by atoms with E-state index in [1.807, 2.05) is 0 Å². The van der Waals surface area contributed by atoms with Crippen molar-refractivity contribution in [1.82, 2.24) is 0 Å². The van der Waals surface area contributed by atoms with Crippen molar-refractivity contribution in [2.75, 3.05) is 27.9 Å². The molecule has 0 spiro atoms. The maximum Gasteiger partial charge on any atom is 0.173 e. The van der Waals surface area contributed by atoms with Crippen molar-refractivity contribution in [1.29, 1.82) is 0 Å². The van der Waals surface area contributed by atoms with E-state index in [9.17, 15) is 5.11 Å². The van der Waals surface area contributed by atoms with Gasteiger partial charge in [-0.25, -0.2) is 0 Å². The maximum atomic E-state index is 9.55. The predicted molar refractivity (Wildman–Crippen MR) is 52.3 cm³/mol. The van der Waals surface area contributed by atoms with E-state index in [0.717, 1.165) is 0 Å². The summed E-state index contributed by atoms with van der Waals surface area (Å²) in [6, 6.07) is -0.618. The van der Waals surface area contributed by atoms with Gasteiger partial charge in [0.15, 0.2) is 6.29 Å². The maximum absolute atomic E-state index is 9.55. The van der Waals surface area contributed by atoms with Crippen molar-refractivity contribution < 1.29 is 24.1 Å². The number of ether oxygens (including phenoxy) is 4. The second-order valence-electron chi connectivity index (χ2n) is 3.50. The van der Waals surface area contributed by atoms with E-state index in [2.05, 4.69) is 0 Å². The lowest BCUT2D eigenvalue weighted by atomic mass is 9.97. The average molecular weight is 221 g/mol. The molecule has 0 aromatic rings. The second-order valence-corrected chi connectivity index (χ2v) is 3.50. The van der Waals surface area contributed by atoms with Crippen molar-refractivity contribution in [3.05, 3.63) is 0 Å². The Morgan fingerprint density at radius 2 is 1.80 bits per heavy atom. The van der Waals surface area contributed by atoms with E-state index in [4.69, 9.17) is 24.7 Å². The number of aliphatic hydroxyl groups is 1. The Morgan fingerprint density at radius 3 is 2.27 bits per heavy atom. The third kappa shape index (κ3) is 2.66. The molecule has 1 aliphatic rings. The Balaban J connectivity index is 2.73. The van der Waals surface area contributed by atoms with E-state index in [-0.39, 0.29) is 12.2 Å². The number of hydrogen-bond donors (Lipinski definition) is 2. The monoisotopic (exact) mass is 221 g/mol. The Hall–Kier alpha value is -0.240. The van der Waals surface area contributed by atoms with Gasteiger partial charge in [0.2, 0.25) is 0 Å². The first-order valence-corrected chi connectivity index (χ1v) is 4.79. The van der Waals surface area contributed by atoms with E-state index < -0.39 is 18.4 Å². The van der Waals surface area contributed by atoms with Crippen LogP contribution < -0.4 is 5.73 Å². The van der Waals surface area contributed by atoms with Crippen LogP contribution in [0.4, 0.5) is 0 Å². The minimum Gasteiger partial charge on any atom is -0.382 e. The van der Waals surface area contributed by atoms with Crippen LogP contribution in [-0.2, 0) is 18.9 Å². The van der Waals surface area contributed by atoms with Crippen molar-refractivity contribution in [2.45, 2.75) is 30.6 Å². The molecule has 3 N–H and O–H groups in total. The molecule has 1 rings (SSSR count). The van der Waals surface area contributed by atoms with Gasteiger partial charge in [-0.3, -0.25) is 0 Å². The fraction of sp³-hybridized carbons (Fsp3) is 1.00. The highest BCUT2D eigenvalue weighted by Gasteiger charge is 2.44. The number of aliphatic hydroxyl groups excluding tert-OH is 1. The molecule has 0 radical (unpaired) electrons. The summed E-state index contributed by atoms with van der Waals surface area (Å²) >= 11 is 0. The summed E-state index contributed by atoms with van der Waals surface area (Å²) in [5.74, 6) is 0. The van der Waals surface area contributed by atoms with Crippen LogP contribution in [-0.4, -0.2) is 63.7 Å². The number of hydrogen-bond acceptors (Lipinski definition) is 6. The van der Waals surface area contributed by atoms with Crippen LogP contribution in [0.5, 0.6) is 0 Å². The molecule has 6 nitrogen and oxygen atoms in total. The third-order valence-corrected chi connectivity index (χ3v) is 2.59. The summed E-state index contributed by atoms with van der Waals surface area (Å²) in [6.07, 6.45) is -2.17. The highest BCUT2D eigenvalue weighted by molar-refractivity contribution is 4.92. The van der Waals surface area contributed by atoms with Gasteiger partial charge < -0.3 is 29.8 Å². The standard InChI is InChI=1S/C9H19NO5/c1-12-4-5-7(13-2)8(14-3)6(10)9(11)15-5/h5-9,11H,4,10H2,1-3H3/t5?,6?,7-,8?,9+/m0/s1. The van der Waals surface area contributed by atoms with Gasteiger partial charge >= 0.3 is 0 Å². The van der Waals surface area contributed by atoms with Gasteiger partial charge in [-0.1, -0.05) is 0 Å². The van der Waals surface area contributed by atoms with Crippen LogP contribution in [0, 0.1) is 0 Å². The zero-order valence-electron chi connectivity index (χ0n) is 9.25. The van der Waals surface area contributed by atoms with Gasteiger partial charge in [0.05, 0.1) is 12.6 Å². The lowest BCUT2D eigenvalue weighted by Gasteiger charge is -2.42. The summed E-state index contributed by atoms with van der Waals surface area (Å²) in [4.78, 5) is 0. The van der Waals surface area contributed by atoms with Gasteiger partial charge in [0.1, 0.15) is 18.3 Å². The SMILES string of the molecule is COCC1O[C@@H](O)C(N)C(OC)[C@H]1OC. The topological polar surface area (TPSA) is 83.2 Å². The Kier molecular flexibility index (Phi) is 4.91. The molecule has 0 aliphatic carbocycles. The highest BCUT2D eigenvalue weighted by Crippen LogP contribution is 2.22. The molecule has 1 saturated heterocycles. The molecular formula is C9H19NO5. The summed E-state index contributed by atoms with van der Waals surface area (Å²) in [7, 11) is 4.63. The zero-order valence-corrected chi connectivity index (χ0v) is 9.25. The van der Waals surface area contributed by atoms with Gasteiger partial charge in [-0.05, 0) is 0 Å². The van der Waals surface area contributed by atoms with Gasteiger partial charge in [-0.15, -0.1) is 0 Å². The molecule has 1 fully saturated rings. The molecule has 1 aliphatic heterocycles. The molecule has 0 saturated carbocycles. The lowest BCUT2D eigenvalue weighted by molar-refractivity contribution is -0.259. The molecule has 90 valence electrons. The minimum atomic E-state index is -1.05. The van der Waals surface area contributed by atoms with E-state index in [0.29, 0.717) is 6.61 Å². The van der Waals surface area contributed by atoms with E-state index >= 15 is 0 Å². The largest absolute Gasteiger partial charge is 0.382 e. The lowest BCUT2D eigenvalue weighted by Crippen LogP contribution is -2.63. The van der Waals surface area contributed by atoms with E-state index in [1.165, 1.54) is 7.11 Å². The fourth-order valence-corrected chi connectivity index (χ4v) is 1.82. The van der Waals surface area contributed by atoms with E-state index in [1.54, 1.807) is 14.2 Å². The quantitative estimate of drug-likeness (QED) is 0.614. The fourth-order valence-electron chi connectivity index (χ4n) is 1.82. The van der Waals surface area contributed by atoms with Crippen LogP contribution in [0.1, 0.15) is 0 Å².